The predicted octanol–water partition coefficient (Wildman–Crippen LogP) is 3.98. The van der Waals surface area contributed by atoms with Crippen molar-refractivity contribution in [3.8, 4) is 0 Å². The zero-order valence-electron chi connectivity index (χ0n) is 16.5. The fraction of sp³-hybridized carbons (Fsp3) is 0.762. The smallest absolute Gasteiger partial charge is 0.230 e. The summed E-state index contributed by atoms with van der Waals surface area (Å²) in [5.41, 5.74) is 0.0907. The summed E-state index contributed by atoms with van der Waals surface area (Å²) in [6.07, 6.45) is 12.8. The number of carbonyl (C=O) groups excluding carboxylic acids is 1. The maximum Gasteiger partial charge on any atom is 0.230 e. The van der Waals surface area contributed by atoms with Crippen molar-refractivity contribution in [1.82, 2.24) is 20.1 Å². The monoisotopic (exact) mass is 388 g/mol. The predicted molar refractivity (Wildman–Crippen MR) is 109 cm³/mol. The van der Waals surface area contributed by atoms with Gasteiger partial charge in [-0.25, -0.2) is 0 Å². The van der Waals surface area contributed by atoms with Crippen LogP contribution in [0.1, 0.15) is 64.1 Å². The first-order valence-corrected chi connectivity index (χ1v) is 11.6. The number of aryl methyl sites for hydroxylation is 1. The van der Waals surface area contributed by atoms with E-state index in [1.807, 2.05) is 6.08 Å². The van der Waals surface area contributed by atoms with Crippen LogP contribution in [-0.2, 0) is 17.8 Å². The number of thioether (sulfide) groups is 1. The quantitative estimate of drug-likeness (QED) is 0.513. The summed E-state index contributed by atoms with van der Waals surface area (Å²) in [6, 6.07) is 0. The van der Waals surface area contributed by atoms with Gasteiger partial charge in [-0.15, -0.1) is 16.8 Å². The van der Waals surface area contributed by atoms with Gasteiger partial charge in [-0.2, -0.15) is 0 Å². The second-order valence-electron chi connectivity index (χ2n) is 8.94. The van der Waals surface area contributed by atoms with E-state index in [1.54, 1.807) is 0 Å². The average Bonchev–Trinajstić information content (AvgIpc) is 2.99. The zero-order valence-corrected chi connectivity index (χ0v) is 17.3. The lowest BCUT2D eigenvalue weighted by molar-refractivity contribution is -0.124. The Kier molecular flexibility index (Phi) is 5.62. The third-order valence-corrected chi connectivity index (χ3v) is 7.60. The zero-order chi connectivity index (χ0) is 18.9. The van der Waals surface area contributed by atoms with Crippen molar-refractivity contribution in [2.24, 2.45) is 17.8 Å². The van der Waals surface area contributed by atoms with Crippen LogP contribution in [0.5, 0.6) is 0 Å². The van der Waals surface area contributed by atoms with Gasteiger partial charge in [0.15, 0.2) is 5.16 Å². The van der Waals surface area contributed by atoms with Crippen molar-refractivity contribution in [3.63, 3.8) is 0 Å². The number of nitrogens with zero attached hydrogens (tertiary/aromatic N) is 3. The molecule has 5 rings (SSSR count). The molecule has 1 aromatic rings. The Morgan fingerprint density at radius 3 is 2.52 bits per heavy atom. The lowest BCUT2D eigenvalue weighted by Gasteiger charge is -2.56. The summed E-state index contributed by atoms with van der Waals surface area (Å²) in [6.45, 7) is 6.73. The highest BCUT2D eigenvalue weighted by atomic mass is 32.2. The normalized spacial score (nSPS) is 31.2. The molecule has 0 atom stereocenters. The first kappa shape index (κ1) is 19.0. The van der Waals surface area contributed by atoms with Crippen LogP contribution in [0.2, 0.25) is 0 Å². The summed E-state index contributed by atoms with van der Waals surface area (Å²) >= 11 is 1.51. The summed E-state index contributed by atoms with van der Waals surface area (Å²) < 4.78 is 2.10. The average molecular weight is 389 g/mol. The second-order valence-corrected chi connectivity index (χ2v) is 9.88. The molecule has 0 spiro atoms. The van der Waals surface area contributed by atoms with Gasteiger partial charge < -0.3 is 9.88 Å². The number of aromatic nitrogens is 3. The van der Waals surface area contributed by atoms with Gasteiger partial charge in [0.1, 0.15) is 5.82 Å². The molecular formula is C21H32N4OS. The lowest BCUT2D eigenvalue weighted by atomic mass is 9.53. The highest BCUT2D eigenvalue weighted by Crippen LogP contribution is 2.55. The minimum atomic E-state index is 0.0907. The van der Waals surface area contributed by atoms with Gasteiger partial charge >= 0.3 is 0 Å². The Morgan fingerprint density at radius 2 is 1.93 bits per heavy atom. The highest BCUT2D eigenvalue weighted by Gasteiger charge is 2.51. The van der Waals surface area contributed by atoms with Crippen molar-refractivity contribution in [2.45, 2.75) is 82.0 Å². The SMILES string of the molecule is C=CCn1c(CCCC)nnc1SCC(=O)NC12CC3CC(CC(C3)C1)C2. The molecule has 148 valence electrons. The van der Waals surface area contributed by atoms with Gasteiger partial charge in [0.25, 0.3) is 0 Å². The van der Waals surface area contributed by atoms with Crippen LogP contribution in [-0.4, -0.2) is 32.0 Å². The highest BCUT2D eigenvalue weighted by molar-refractivity contribution is 7.99. The van der Waals surface area contributed by atoms with Crippen molar-refractivity contribution in [1.29, 1.82) is 0 Å². The molecule has 4 saturated carbocycles. The number of hydrogen-bond acceptors (Lipinski definition) is 4. The molecule has 0 aromatic carbocycles. The van der Waals surface area contributed by atoms with Gasteiger partial charge in [-0.3, -0.25) is 4.79 Å². The number of nitrogens with one attached hydrogen (secondary N) is 1. The minimum absolute atomic E-state index is 0.0907. The third-order valence-electron chi connectivity index (χ3n) is 6.63. The van der Waals surface area contributed by atoms with Crippen molar-refractivity contribution >= 4 is 17.7 Å². The Labute approximate surface area is 166 Å². The molecule has 1 N–H and O–H groups in total. The molecule has 4 bridgehead atoms. The van der Waals surface area contributed by atoms with E-state index in [2.05, 4.69) is 33.6 Å². The summed E-state index contributed by atoms with van der Waals surface area (Å²) in [5.74, 6) is 4.12. The molecule has 0 radical (unpaired) electrons. The Bertz CT molecular complexity index is 663. The van der Waals surface area contributed by atoms with Crippen LogP contribution < -0.4 is 5.32 Å². The van der Waals surface area contributed by atoms with E-state index < -0.39 is 0 Å². The Balaban J connectivity index is 1.35. The van der Waals surface area contributed by atoms with E-state index in [9.17, 15) is 4.79 Å². The van der Waals surface area contributed by atoms with Crippen molar-refractivity contribution < 1.29 is 4.79 Å². The standard InChI is InChI=1S/C21H32N4OS/c1-3-5-6-18-23-24-20(25(18)7-4-2)27-14-19(26)22-21-11-15-8-16(12-21)10-17(9-15)13-21/h4,15-17H,2-3,5-14H2,1H3,(H,22,26). The summed E-state index contributed by atoms with van der Waals surface area (Å²) in [7, 11) is 0. The van der Waals surface area contributed by atoms with Crippen molar-refractivity contribution in [2.75, 3.05) is 5.75 Å². The number of amides is 1. The molecule has 4 aliphatic carbocycles. The maximum atomic E-state index is 12.7. The number of unbranched alkanes of at least 4 members (excludes halogenated alkanes) is 1. The van der Waals surface area contributed by atoms with Crippen LogP contribution in [0.25, 0.3) is 0 Å². The van der Waals surface area contributed by atoms with Crippen LogP contribution in [0, 0.1) is 17.8 Å². The molecule has 27 heavy (non-hydrogen) atoms. The lowest BCUT2D eigenvalue weighted by Crippen LogP contribution is -2.60. The topological polar surface area (TPSA) is 59.8 Å². The van der Waals surface area contributed by atoms with E-state index in [0.717, 1.165) is 48.0 Å². The van der Waals surface area contributed by atoms with Crippen LogP contribution >= 0.6 is 11.8 Å². The summed E-state index contributed by atoms with van der Waals surface area (Å²) in [4.78, 5) is 12.7. The third kappa shape index (κ3) is 4.10. The number of carbonyl (C=O) groups is 1. The maximum absolute atomic E-state index is 12.7. The largest absolute Gasteiger partial charge is 0.350 e. The van der Waals surface area contributed by atoms with Gasteiger partial charge in [0.05, 0.1) is 5.75 Å². The molecule has 1 amide bonds. The molecule has 1 aromatic heterocycles. The fourth-order valence-electron chi connectivity index (χ4n) is 5.98. The number of rotatable bonds is 9. The molecule has 0 unspecified atom stereocenters. The van der Waals surface area contributed by atoms with Crippen LogP contribution in [0.3, 0.4) is 0 Å². The van der Waals surface area contributed by atoms with E-state index in [1.165, 1.54) is 50.3 Å². The molecule has 6 heteroatoms. The minimum Gasteiger partial charge on any atom is -0.350 e. The molecule has 0 aliphatic heterocycles. The van der Waals surface area contributed by atoms with E-state index >= 15 is 0 Å². The van der Waals surface area contributed by atoms with Gasteiger partial charge in [0.2, 0.25) is 5.91 Å². The fourth-order valence-corrected chi connectivity index (χ4v) is 6.75. The van der Waals surface area contributed by atoms with E-state index in [4.69, 9.17) is 0 Å². The van der Waals surface area contributed by atoms with Crippen molar-refractivity contribution in [3.05, 3.63) is 18.5 Å². The van der Waals surface area contributed by atoms with Gasteiger partial charge in [0, 0.05) is 18.5 Å². The van der Waals surface area contributed by atoms with Crippen LogP contribution in [0.4, 0.5) is 0 Å². The molecule has 5 nitrogen and oxygen atoms in total. The molecule has 4 fully saturated rings. The number of hydrogen-bond donors (Lipinski definition) is 1. The second kappa shape index (κ2) is 7.98. The number of allylic oxidation sites excluding steroid dienone is 1. The van der Waals surface area contributed by atoms with E-state index in [-0.39, 0.29) is 11.4 Å². The molecule has 1 heterocycles. The molecule has 4 aliphatic rings. The summed E-state index contributed by atoms with van der Waals surface area (Å²) in [5, 5.41) is 13.0. The first-order valence-electron chi connectivity index (χ1n) is 10.6. The Morgan fingerprint density at radius 1 is 1.26 bits per heavy atom. The van der Waals surface area contributed by atoms with E-state index in [0.29, 0.717) is 12.3 Å². The van der Waals surface area contributed by atoms with Crippen LogP contribution in [0.15, 0.2) is 17.8 Å². The van der Waals surface area contributed by atoms with Gasteiger partial charge in [-0.1, -0.05) is 31.2 Å². The Hall–Kier alpha value is -1.30. The molecular weight excluding hydrogens is 356 g/mol. The molecule has 0 saturated heterocycles. The van der Waals surface area contributed by atoms with Gasteiger partial charge in [-0.05, 0) is 62.7 Å². The first-order chi connectivity index (χ1) is 13.1.